The summed E-state index contributed by atoms with van der Waals surface area (Å²) in [6, 6.07) is 6.53. The van der Waals surface area contributed by atoms with Gasteiger partial charge in [0.25, 0.3) is 0 Å². The number of nitrogens with zero attached hydrogens (tertiary/aromatic N) is 1. The van der Waals surface area contributed by atoms with E-state index in [1.54, 1.807) is 18.2 Å². The number of carbonyl (C=O) groups is 2. The summed E-state index contributed by atoms with van der Waals surface area (Å²) in [5, 5.41) is 21.9. The van der Waals surface area contributed by atoms with Gasteiger partial charge in [0.1, 0.15) is 17.8 Å². The van der Waals surface area contributed by atoms with Gasteiger partial charge in [-0.25, -0.2) is 0 Å². The summed E-state index contributed by atoms with van der Waals surface area (Å²) >= 11 is 3.23. The van der Waals surface area contributed by atoms with Gasteiger partial charge < -0.3 is 24.8 Å². The van der Waals surface area contributed by atoms with Crippen molar-refractivity contribution in [3.8, 4) is 11.5 Å². The van der Waals surface area contributed by atoms with E-state index in [1.807, 2.05) is 6.92 Å². The van der Waals surface area contributed by atoms with Crippen molar-refractivity contribution in [2.24, 2.45) is 0 Å². The predicted octanol–water partition coefficient (Wildman–Crippen LogP) is 2.30. The first-order valence-corrected chi connectivity index (χ1v) is 9.04. The molecule has 2 atom stereocenters. The van der Waals surface area contributed by atoms with Crippen molar-refractivity contribution in [2.75, 3.05) is 0 Å². The molecule has 0 bridgehead atoms. The van der Waals surface area contributed by atoms with Crippen LogP contribution in [0.5, 0.6) is 11.5 Å². The summed E-state index contributed by atoms with van der Waals surface area (Å²) in [6.07, 6.45) is 0.708. The van der Waals surface area contributed by atoms with E-state index in [9.17, 15) is 19.8 Å². The van der Waals surface area contributed by atoms with Gasteiger partial charge in [0, 0.05) is 6.42 Å². The Morgan fingerprint density at radius 3 is 2.58 bits per heavy atom. The number of amides is 2. The van der Waals surface area contributed by atoms with Crippen molar-refractivity contribution in [1.82, 2.24) is 10.2 Å². The van der Waals surface area contributed by atoms with Crippen LogP contribution < -0.4 is 5.32 Å². The zero-order valence-electron chi connectivity index (χ0n) is 14.1. The third-order valence-corrected chi connectivity index (χ3v) is 4.83. The van der Waals surface area contributed by atoms with Gasteiger partial charge in [-0.15, -0.1) is 0 Å². The average molecular weight is 423 g/mol. The molecule has 7 nitrogen and oxygen atoms in total. The van der Waals surface area contributed by atoms with Gasteiger partial charge in [0.05, 0.1) is 6.54 Å². The van der Waals surface area contributed by atoms with Crippen LogP contribution >= 0.6 is 15.9 Å². The topological polar surface area (TPSA) is 103 Å². The minimum Gasteiger partial charge on any atom is -0.504 e. The van der Waals surface area contributed by atoms with E-state index in [0.717, 1.165) is 0 Å². The van der Waals surface area contributed by atoms with E-state index < -0.39 is 12.1 Å². The molecule has 138 valence electrons. The van der Waals surface area contributed by atoms with Crippen LogP contribution in [-0.2, 0) is 22.6 Å². The molecule has 2 amide bonds. The van der Waals surface area contributed by atoms with Crippen molar-refractivity contribution >= 4 is 27.7 Å². The van der Waals surface area contributed by atoms with Gasteiger partial charge in [-0.2, -0.15) is 0 Å². The molecule has 0 spiro atoms. The highest BCUT2D eigenvalue weighted by molar-refractivity contribution is 9.10. The van der Waals surface area contributed by atoms with Crippen molar-refractivity contribution in [1.29, 1.82) is 0 Å². The Kier molecular flexibility index (Phi) is 5.22. The number of aromatic hydroxyl groups is 2. The summed E-state index contributed by atoms with van der Waals surface area (Å²) in [5.41, 5.74) is 0.633. The standard InChI is InChI=1S/C18H19BrN2O5/c1-2-12-18(25)21(9-11-4-6-16(19)26-11)13(17(24)20-12)7-10-3-5-14(22)15(23)8-10/h3-6,8,12-13,22-23H,2,7,9H2,1H3,(H,20,24). The lowest BCUT2D eigenvalue weighted by molar-refractivity contribution is -0.150. The maximum atomic E-state index is 12.8. The second-order valence-corrected chi connectivity index (χ2v) is 6.97. The van der Waals surface area contributed by atoms with Crippen LogP contribution in [0, 0.1) is 0 Å². The highest BCUT2D eigenvalue weighted by Crippen LogP contribution is 2.27. The van der Waals surface area contributed by atoms with E-state index in [1.165, 1.54) is 17.0 Å². The average Bonchev–Trinajstić information content (AvgIpc) is 3.02. The molecule has 0 aliphatic carbocycles. The third kappa shape index (κ3) is 3.70. The number of furan rings is 1. The lowest BCUT2D eigenvalue weighted by atomic mass is 9.98. The first-order valence-electron chi connectivity index (χ1n) is 8.25. The fourth-order valence-electron chi connectivity index (χ4n) is 3.02. The quantitative estimate of drug-likeness (QED) is 0.641. The van der Waals surface area contributed by atoms with Crippen molar-refractivity contribution in [3.63, 3.8) is 0 Å². The molecule has 0 saturated carbocycles. The zero-order chi connectivity index (χ0) is 18.8. The smallest absolute Gasteiger partial charge is 0.246 e. The van der Waals surface area contributed by atoms with Gasteiger partial charge in [-0.3, -0.25) is 9.59 Å². The molecule has 2 aromatic rings. The Morgan fingerprint density at radius 1 is 1.19 bits per heavy atom. The van der Waals surface area contributed by atoms with Crippen LogP contribution in [0.15, 0.2) is 39.4 Å². The number of halogens is 1. The summed E-state index contributed by atoms with van der Waals surface area (Å²) in [6.45, 7) is 2.01. The minimum absolute atomic E-state index is 0.170. The second-order valence-electron chi connectivity index (χ2n) is 6.18. The number of carbonyl (C=O) groups excluding carboxylic acids is 2. The van der Waals surface area contributed by atoms with Crippen LogP contribution in [0.2, 0.25) is 0 Å². The van der Waals surface area contributed by atoms with E-state index in [-0.39, 0.29) is 36.3 Å². The Bertz CT molecular complexity index is 835. The third-order valence-electron chi connectivity index (χ3n) is 4.41. The van der Waals surface area contributed by atoms with Crippen molar-refractivity contribution in [2.45, 2.75) is 38.4 Å². The minimum atomic E-state index is -0.738. The number of hydrogen-bond donors (Lipinski definition) is 3. The van der Waals surface area contributed by atoms with Gasteiger partial charge >= 0.3 is 0 Å². The molecule has 1 fully saturated rings. The maximum Gasteiger partial charge on any atom is 0.246 e. The number of piperazine rings is 1. The molecule has 2 heterocycles. The number of hydrogen-bond acceptors (Lipinski definition) is 5. The number of benzene rings is 1. The molecule has 1 aliphatic heterocycles. The maximum absolute atomic E-state index is 12.8. The Balaban J connectivity index is 1.88. The van der Waals surface area contributed by atoms with Crippen LogP contribution in [0.1, 0.15) is 24.7 Å². The van der Waals surface area contributed by atoms with Gasteiger partial charge in [0.15, 0.2) is 16.2 Å². The summed E-state index contributed by atoms with van der Waals surface area (Å²) < 4.78 is 6.04. The first-order chi connectivity index (χ1) is 12.4. The van der Waals surface area contributed by atoms with Crippen LogP contribution in [0.25, 0.3) is 0 Å². The van der Waals surface area contributed by atoms with Gasteiger partial charge in [-0.1, -0.05) is 13.0 Å². The monoisotopic (exact) mass is 422 g/mol. The summed E-state index contributed by atoms with van der Waals surface area (Å²) in [7, 11) is 0. The molecule has 0 radical (unpaired) electrons. The highest BCUT2D eigenvalue weighted by atomic mass is 79.9. The number of nitrogens with one attached hydrogen (secondary N) is 1. The number of rotatable bonds is 5. The number of phenolic OH excluding ortho intramolecular Hbond substituents is 2. The van der Waals surface area contributed by atoms with Crippen molar-refractivity contribution in [3.05, 3.63) is 46.3 Å². The fraction of sp³-hybridized carbons (Fsp3) is 0.333. The van der Waals surface area contributed by atoms with E-state index in [2.05, 4.69) is 21.2 Å². The SMILES string of the molecule is CCC1NC(=O)C(Cc2ccc(O)c(O)c2)N(Cc2ccc(Br)o2)C1=O. The summed E-state index contributed by atoms with van der Waals surface area (Å²) in [4.78, 5) is 26.9. The van der Waals surface area contributed by atoms with E-state index in [4.69, 9.17) is 4.42 Å². The van der Waals surface area contributed by atoms with Crippen LogP contribution in [-0.4, -0.2) is 39.0 Å². The normalized spacial score (nSPS) is 20.3. The molecule has 3 rings (SSSR count). The molecular weight excluding hydrogens is 404 g/mol. The Hall–Kier alpha value is -2.48. The molecule has 26 heavy (non-hydrogen) atoms. The number of phenols is 2. The Labute approximate surface area is 158 Å². The zero-order valence-corrected chi connectivity index (χ0v) is 15.7. The molecule has 1 aromatic heterocycles. The fourth-order valence-corrected chi connectivity index (χ4v) is 3.36. The molecule has 8 heteroatoms. The molecular formula is C18H19BrN2O5. The van der Waals surface area contributed by atoms with E-state index >= 15 is 0 Å². The molecule has 2 unspecified atom stereocenters. The second kappa shape index (κ2) is 7.41. The lowest BCUT2D eigenvalue weighted by Gasteiger charge is -2.38. The van der Waals surface area contributed by atoms with Gasteiger partial charge in [0.2, 0.25) is 11.8 Å². The van der Waals surface area contributed by atoms with Crippen LogP contribution in [0.4, 0.5) is 0 Å². The predicted molar refractivity (Wildman–Crippen MR) is 96.4 cm³/mol. The molecule has 1 aliphatic rings. The molecule has 1 saturated heterocycles. The Morgan fingerprint density at radius 2 is 1.96 bits per heavy atom. The highest BCUT2D eigenvalue weighted by Gasteiger charge is 2.40. The molecule has 3 N–H and O–H groups in total. The summed E-state index contributed by atoms with van der Waals surface area (Å²) in [5.74, 6) is -0.366. The van der Waals surface area contributed by atoms with Gasteiger partial charge in [-0.05, 0) is 52.2 Å². The lowest BCUT2D eigenvalue weighted by Crippen LogP contribution is -2.63. The van der Waals surface area contributed by atoms with Crippen molar-refractivity contribution < 1.29 is 24.2 Å². The largest absolute Gasteiger partial charge is 0.504 e. The molecule has 1 aromatic carbocycles. The van der Waals surface area contributed by atoms with E-state index in [0.29, 0.717) is 22.4 Å². The first kappa shape index (κ1) is 18.3. The van der Waals surface area contributed by atoms with Crippen LogP contribution in [0.3, 0.4) is 0 Å².